The topological polar surface area (TPSA) is 75.6 Å². The van der Waals surface area contributed by atoms with Crippen molar-refractivity contribution in [2.75, 3.05) is 13.2 Å². The Balaban J connectivity index is 1.72. The second kappa shape index (κ2) is 5.48. The Morgan fingerprint density at radius 3 is 2.67 bits per heavy atom. The van der Waals surface area contributed by atoms with Gasteiger partial charge in [-0.15, -0.1) is 0 Å². The van der Waals surface area contributed by atoms with Crippen molar-refractivity contribution in [2.45, 2.75) is 37.1 Å². The first kappa shape index (κ1) is 14.1. The summed E-state index contributed by atoms with van der Waals surface area (Å²) in [6.07, 6.45) is 1.80. The number of aliphatic carboxylic acids is 1. The predicted octanol–water partition coefficient (Wildman–Crippen LogP) is 1.47. The minimum atomic E-state index is -0.883. The van der Waals surface area contributed by atoms with Crippen LogP contribution in [0.2, 0.25) is 0 Å². The first-order valence-corrected chi connectivity index (χ1v) is 7.29. The molecular formula is C16H19NO4. The quantitative estimate of drug-likeness (QED) is 0.880. The average Bonchev–Trinajstić information content (AvgIpc) is 2.40. The van der Waals surface area contributed by atoms with E-state index in [9.17, 15) is 9.59 Å². The molecule has 0 saturated carbocycles. The lowest BCUT2D eigenvalue weighted by Crippen LogP contribution is -2.55. The third-order valence-electron chi connectivity index (χ3n) is 4.50. The Bertz CT molecular complexity index is 563. The number of nitrogens with one attached hydrogen (secondary N) is 1. The Morgan fingerprint density at radius 1 is 1.29 bits per heavy atom. The number of fused-ring (bicyclic) bond motifs is 1. The lowest BCUT2D eigenvalue weighted by molar-refractivity contribution is -0.140. The maximum atomic E-state index is 12.5. The minimum Gasteiger partial charge on any atom is -0.481 e. The Kier molecular flexibility index (Phi) is 3.68. The molecule has 0 spiro atoms. The molecule has 5 heteroatoms. The van der Waals surface area contributed by atoms with Crippen molar-refractivity contribution in [3.8, 4) is 0 Å². The van der Waals surface area contributed by atoms with E-state index < -0.39 is 11.5 Å². The fraction of sp³-hybridized carbons (Fsp3) is 0.500. The van der Waals surface area contributed by atoms with Crippen LogP contribution in [-0.2, 0) is 20.7 Å². The van der Waals surface area contributed by atoms with Gasteiger partial charge in [0.15, 0.2) is 0 Å². The van der Waals surface area contributed by atoms with Crippen LogP contribution in [-0.4, -0.2) is 35.7 Å². The molecule has 0 radical (unpaired) electrons. The summed E-state index contributed by atoms with van der Waals surface area (Å²) in [5.41, 5.74) is 1.61. The molecule has 1 saturated heterocycles. The highest BCUT2D eigenvalue weighted by molar-refractivity contribution is 5.88. The zero-order valence-corrected chi connectivity index (χ0v) is 11.8. The fourth-order valence-corrected chi connectivity index (χ4v) is 3.24. The van der Waals surface area contributed by atoms with Gasteiger partial charge in [0, 0.05) is 13.2 Å². The summed E-state index contributed by atoms with van der Waals surface area (Å²) in [5, 5.41) is 12.1. The normalized spacial score (nSPS) is 22.8. The zero-order valence-electron chi connectivity index (χ0n) is 11.8. The Labute approximate surface area is 123 Å². The van der Waals surface area contributed by atoms with Crippen LogP contribution in [0.25, 0.3) is 0 Å². The van der Waals surface area contributed by atoms with Crippen LogP contribution in [0, 0.1) is 0 Å². The monoisotopic (exact) mass is 289 g/mol. The van der Waals surface area contributed by atoms with Crippen molar-refractivity contribution in [1.82, 2.24) is 5.32 Å². The summed E-state index contributed by atoms with van der Waals surface area (Å²) >= 11 is 0. The van der Waals surface area contributed by atoms with Crippen molar-refractivity contribution >= 4 is 11.9 Å². The van der Waals surface area contributed by atoms with Gasteiger partial charge in [-0.2, -0.15) is 0 Å². The summed E-state index contributed by atoms with van der Waals surface area (Å²) in [7, 11) is 0. The molecule has 1 aliphatic heterocycles. The van der Waals surface area contributed by atoms with E-state index in [2.05, 4.69) is 5.32 Å². The molecule has 2 aliphatic rings. The molecule has 5 nitrogen and oxygen atoms in total. The predicted molar refractivity (Wildman–Crippen MR) is 76.1 cm³/mol. The summed E-state index contributed by atoms with van der Waals surface area (Å²) in [4.78, 5) is 23.6. The molecule has 1 amide bonds. The van der Waals surface area contributed by atoms with Gasteiger partial charge in [-0.1, -0.05) is 24.3 Å². The summed E-state index contributed by atoms with van der Waals surface area (Å²) in [6.45, 7) is 0.990. The van der Waals surface area contributed by atoms with Gasteiger partial charge in [-0.3, -0.25) is 9.59 Å². The Hall–Kier alpha value is -1.88. The van der Waals surface area contributed by atoms with Crippen LogP contribution < -0.4 is 5.32 Å². The van der Waals surface area contributed by atoms with Gasteiger partial charge in [0.05, 0.1) is 17.9 Å². The van der Waals surface area contributed by atoms with Crippen LogP contribution >= 0.6 is 0 Å². The van der Waals surface area contributed by atoms with Crippen LogP contribution in [0.1, 0.15) is 36.3 Å². The highest BCUT2D eigenvalue weighted by atomic mass is 16.5. The molecule has 0 aromatic heterocycles. The summed E-state index contributed by atoms with van der Waals surface area (Å²) in [6, 6.07) is 7.90. The zero-order chi connectivity index (χ0) is 14.9. The summed E-state index contributed by atoms with van der Waals surface area (Å²) in [5.74, 6) is -1.09. The average molecular weight is 289 g/mol. The standard InChI is InChI=1S/C16H19NO4/c18-14(19)10-16(5-7-21-8-6-16)17-15(20)13-9-11-3-1-2-4-12(11)13/h1-4,13H,5-10H2,(H,17,20)(H,18,19). The minimum absolute atomic E-state index is 0.0452. The number of hydrogen-bond acceptors (Lipinski definition) is 3. The molecule has 2 N–H and O–H groups in total. The molecular weight excluding hydrogens is 270 g/mol. The van der Waals surface area contributed by atoms with E-state index in [0.29, 0.717) is 26.1 Å². The van der Waals surface area contributed by atoms with E-state index in [1.54, 1.807) is 0 Å². The number of carboxylic acid groups (broad SMARTS) is 1. The molecule has 0 bridgehead atoms. The van der Waals surface area contributed by atoms with Gasteiger partial charge in [0.2, 0.25) is 5.91 Å². The van der Waals surface area contributed by atoms with Gasteiger partial charge < -0.3 is 15.2 Å². The van der Waals surface area contributed by atoms with Gasteiger partial charge >= 0.3 is 5.97 Å². The highest BCUT2D eigenvalue weighted by Gasteiger charge is 2.40. The lowest BCUT2D eigenvalue weighted by Gasteiger charge is -2.39. The first-order valence-electron chi connectivity index (χ1n) is 7.29. The molecule has 1 aliphatic carbocycles. The van der Waals surface area contributed by atoms with Gasteiger partial charge in [0.1, 0.15) is 0 Å². The van der Waals surface area contributed by atoms with E-state index >= 15 is 0 Å². The highest BCUT2D eigenvalue weighted by Crippen LogP contribution is 2.36. The molecule has 1 heterocycles. The second-order valence-electron chi connectivity index (χ2n) is 5.91. The molecule has 1 aromatic rings. The third-order valence-corrected chi connectivity index (χ3v) is 4.50. The van der Waals surface area contributed by atoms with E-state index in [0.717, 1.165) is 12.0 Å². The number of rotatable bonds is 4. The number of amides is 1. The molecule has 112 valence electrons. The van der Waals surface area contributed by atoms with Gasteiger partial charge in [-0.25, -0.2) is 0 Å². The first-order chi connectivity index (χ1) is 10.1. The van der Waals surface area contributed by atoms with Crippen molar-refractivity contribution in [3.63, 3.8) is 0 Å². The van der Waals surface area contributed by atoms with Crippen molar-refractivity contribution in [2.24, 2.45) is 0 Å². The van der Waals surface area contributed by atoms with Gasteiger partial charge in [0.25, 0.3) is 0 Å². The van der Waals surface area contributed by atoms with Crippen LogP contribution in [0.4, 0.5) is 0 Å². The van der Waals surface area contributed by atoms with Crippen LogP contribution in [0.15, 0.2) is 24.3 Å². The summed E-state index contributed by atoms with van der Waals surface area (Å²) < 4.78 is 5.30. The second-order valence-corrected chi connectivity index (χ2v) is 5.91. The third kappa shape index (κ3) is 2.78. The van der Waals surface area contributed by atoms with Crippen molar-refractivity contribution in [3.05, 3.63) is 35.4 Å². The number of carboxylic acids is 1. The van der Waals surface area contributed by atoms with Gasteiger partial charge in [-0.05, 0) is 30.4 Å². The van der Waals surface area contributed by atoms with Crippen LogP contribution in [0.5, 0.6) is 0 Å². The molecule has 3 rings (SSSR count). The Morgan fingerprint density at radius 2 is 2.00 bits per heavy atom. The molecule has 1 atom stereocenters. The number of hydrogen-bond donors (Lipinski definition) is 2. The van der Waals surface area contributed by atoms with Crippen LogP contribution in [0.3, 0.4) is 0 Å². The van der Waals surface area contributed by atoms with E-state index in [-0.39, 0.29) is 18.2 Å². The number of benzene rings is 1. The smallest absolute Gasteiger partial charge is 0.305 e. The molecule has 1 unspecified atom stereocenters. The maximum Gasteiger partial charge on any atom is 0.305 e. The largest absolute Gasteiger partial charge is 0.481 e. The molecule has 1 fully saturated rings. The van der Waals surface area contributed by atoms with E-state index in [1.807, 2.05) is 24.3 Å². The fourth-order valence-electron chi connectivity index (χ4n) is 3.24. The number of ether oxygens (including phenoxy) is 1. The number of carbonyl (C=O) groups is 2. The lowest BCUT2D eigenvalue weighted by atomic mass is 9.76. The van der Waals surface area contributed by atoms with E-state index in [4.69, 9.17) is 9.84 Å². The number of carbonyl (C=O) groups excluding carboxylic acids is 1. The molecule has 1 aromatic carbocycles. The van der Waals surface area contributed by atoms with Crippen molar-refractivity contribution in [1.29, 1.82) is 0 Å². The maximum absolute atomic E-state index is 12.5. The van der Waals surface area contributed by atoms with E-state index in [1.165, 1.54) is 5.56 Å². The SMILES string of the molecule is O=C(O)CC1(NC(=O)C2Cc3ccccc32)CCOCC1. The van der Waals surface area contributed by atoms with Crippen molar-refractivity contribution < 1.29 is 19.4 Å². The molecule has 21 heavy (non-hydrogen) atoms.